The van der Waals surface area contributed by atoms with E-state index in [0.717, 1.165) is 11.3 Å². The third kappa shape index (κ3) is 3.88. The monoisotopic (exact) mass is 259 g/mol. The van der Waals surface area contributed by atoms with E-state index in [2.05, 4.69) is 5.32 Å². The van der Waals surface area contributed by atoms with Gasteiger partial charge in [-0.3, -0.25) is 4.79 Å². The first-order chi connectivity index (χ1) is 9.15. The molecule has 1 amide bonds. The van der Waals surface area contributed by atoms with Crippen LogP contribution in [-0.4, -0.2) is 12.0 Å². The summed E-state index contributed by atoms with van der Waals surface area (Å²) in [6, 6.07) is 11.2. The van der Waals surface area contributed by atoms with Crippen molar-refractivity contribution < 1.29 is 13.9 Å². The number of hydrogen-bond donors (Lipinski definition) is 1. The quantitative estimate of drug-likeness (QED) is 0.898. The van der Waals surface area contributed by atoms with E-state index in [-0.39, 0.29) is 5.91 Å². The third-order valence-corrected chi connectivity index (χ3v) is 2.72. The van der Waals surface area contributed by atoms with E-state index in [0.29, 0.717) is 12.3 Å². The SMILES string of the molecule is Cc1ccc(O[C@@H](C)C(=O)NCc2ccco2)cc1. The first-order valence-corrected chi connectivity index (χ1v) is 6.18. The Bertz CT molecular complexity index is 517. The predicted molar refractivity (Wildman–Crippen MR) is 71.8 cm³/mol. The Labute approximate surface area is 112 Å². The molecule has 2 rings (SSSR count). The molecule has 0 saturated heterocycles. The molecule has 0 fully saturated rings. The molecule has 1 aromatic heterocycles. The van der Waals surface area contributed by atoms with Gasteiger partial charge in [-0.1, -0.05) is 17.7 Å². The predicted octanol–water partition coefficient (Wildman–Crippen LogP) is 2.67. The zero-order valence-electron chi connectivity index (χ0n) is 11.1. The Morgan fingerprint density at radius 1 is 1.32 bits per heavy atom. The molecule has 0 aliphatic heterocycles. The maximum Gasteiger partial charge on any atom is 0.261 e. The van der Waals surface area contributed by atoms with E-state index >= 15 is 0 Å². The van der Waals surface area contributed by atoms with E-state index in [4.69, 9.17) is 9.15 Å². The van der Waals surface area contributed by atoms with Gasteiger partial charge >= 0.3 is 0 Å². The second-order valence-corrected chi connectivity index (χ2v) is 4.37. The van der Waals surface area contributed by atoms with E-state index < -0.39 is 6.10 Å². The number of hydrogen-bond acceptors (Lipinski definition) is 3. The second-order valence-electron chi connectivity index (χ2n) is 4.37. The molecular formula is C15H17NO3. The topological polar surface area (TPSA) is 51.5 Å². The molecule has 1 N–H and O–H groups in total. The molecule has 0 aliphatic carbocycles. The molecule has 1 aromatic carbocycles. The minimum absolute atomic E-state index is 0.169. The van der Waals surface area contributed by atoms with Gasteiger partial charge in [-0.25, -0.2) is 0 Å². The minimum Gasteiger partial charge on any atom is -0.481 e. The lowest BCUT2D eigenvalue weighted by molar-refractivity contribution is -0.127. The van der Waals surface area contributed by atoms with Gasteiger partial charge in [0.1, 0.15) is 11.5 Å². The Balaban J connectivity index is 1.83. The minimum atomic E-state index is -0.544. The van der Waals surface area contributed by atoms with E-state index in [9.17, 15) is 4.79 Å². The number of ether oxygens (including phenoxy) is 1. The second kappa shape index (κ2) is 6.09. The standard InChI is InChI=1S/C15H17NO3/c1-11-5-7-13(8-6-11)19-12(2)15(17)16-10-14-4-3-9-18-14/h3-9,12H,10H2,1-2H3,(H,16,17)/t12-/m0/s1. The average molecular weight is 259 g/mol. The number of carbonyl (C=O) groups excluding carboxylic acids is 1. The van der Waals surface area contributed by atoms with Crippen LogP contribution in [0.25, 0.3) is 0 Å². The summed E-state index contributed by atoms with van der Waals surface area (Å²) in [7, 11) is 0. The molecule has 1 heterocycles. The van der Waals surface area contributed by atoms with Crippen LogP contribution in [0, 0.1) is 6.92 Å². The van der Waals surface area contributed by atoms with E-state index in [1.807, 2.05) is 37.3 Å². The highest BCUT2D eigenvalue weighted by Crippen LogP contribution is 2.13. The number of amides is 1. The third-order valence-electron chi connectivity index (χ3n) is 2.72. The van der Waals surface area contributed by atoms with Crippen molar-refractivity contribution in [3.05, 3.63) is 54.0 Å². The first-order valence-electron chi connectivity index (χ1n) is 6.18. The highest BCUT2D eigenvalue weighted by atomic mass is 16.5. The van der Waals surface area contributed by atoms with Crippen molar-refractivity contribution in [1.82, 2.24) is 5.32 Å². The molecular weight excluding hydrogens is 242 g/mol. The molecule has 0 unspecified atom stereocenters. The molecule has 0 bridgehead atoms. The van der Waals surface area contributed by atoms with E-state index in [1.165, 1.54) is 0 Å². The van der Waals surface area contributed by atoms with Crippen LogP contribution >= 0.6 is 0 Å². The normalized spacial score (nSPS) is 11.9. The largest absolute Gasteiger partial charge is 0.481 e. The van der Waals surface area contributed by atoms with Crippen molar-refractivity contribution in [3.63, 3.8) is 0 Å². The number of benzene rings is 1. The molecule has 1 atom stereocenters. The average Bonchev–Trinajstić information content (AvgIpc) is 2.91. The van der Waals surface area contributed by atoms with Gasteiger partial charge in [0.15, 0.2) is 6.10 Å². The van der Waals surface area contributed by atoms with Crippen LogP contribution in [-0.2, 0) is 11.3 Å². The van der Waals surface area contributed by atoms with Crippen molar-refractivity contribution >= 4 is 5.91 Å². The molecule has 2 aromatic rings. The Morgan fingerprint density at radius 2 is 2.05 bits per heavy atom. The van der Waals surface area contributed by atoms with Crippen LogP contribution < -0.4 is 10.1 Å². The Hall–Kier alpha value is -2.23. The van der Waals surface area contributed by atoms with Gasteiger partial charge in [0, 0.05) is 0 Å². The molecule has 4 heteroatoms. The first kappa shape index (κ1) is 13.2. The Kier molecular flexibility index (Phi) is 4.23. The molecule has 0 aliphatic rings. The summed E-state index contributed by atoms with van der Waals surface area (Å²) in [5, 5.41) is 2.76. The highest BCUT2D eigenvalue weighted by molar-refractivity contribution is 5.80. The van der Waals surface area contributed by atoms with Crippen molar-refractivity contribution in [2.75, 3.05) is 0 Å². The zero-order valence-corrected chi connectivity index (χ0v) is 11.1. The van der Waals surface area contributed by atoms with Gasteiger partial charge in [0.25, 0.3) is 5.91 Å². The van der Waals surface area contributed by atoms with Gasteiger partial charge in [-0.05, 0) is 38.1 Å². The van der Waals surface area contributed by atoms with Crippen LogP contribution in [0.5, 0.6) is 5.75 Å². The van der Waals surface area contributed by atoms with Gasteiger partial charge in [-0.2, -0.15) is 0 Å². The van der Waals surface area contributed by atoms with Gasteiger partial charge < -0.3 is 14.5 Å². The number of carbonyl (C=O) groups is 1. The summed E-state index contributed by atoms with van der Waals surface area (Å²) < 4.78 is 10.7. The maximum absolute atomic E-state index is 11.8. The summed E-state index contributed by atoms with van der Waals surface area (Å²) in [6.45, 7) is 4.09. The molecule has 0 spiro atoms. The Morgan fingerprint density at radius 3 is 2.68 bits per heavy atom. The lowest BCUT2D eigenvalue weighted by Crippen LogP contribution is -2.35. The zero-order chi connectivity index (χ0) is 13.7. The van der Waals surface area contributed by atoms with Crippen molar-refractivity contribution in [2.24, 2.45) is 0 Å². The fourth-order valence-corrected chi connectivity index (χ4v) is 1.61. The van der Waals surface area contributed by atoms with Crippen LogP contribution in [0.2, 0.25) is 0 Å². The van der Waals surface area contributed by atoms with E-state index in [1.54, 1.807) is 19.3 Å². The summed E-state index contributed by atoms with van der Waals surface area (Å²) in [6.07, 6.45) is 1.03. The molecule has 0 saturated carbocycles. The van der Waals surface area contributed by atoms with Gasteiger partial charge in [0.2, 0.25) is 0 Å². The van der Waals surface area contributed by atoms with Crippen LogP contribution in [0.3, 0.4) is 0 Å². The number of aryl methyl sites for hydroxylation is 1. The summed E-state index contributed by atoms with van der Waals surface area (Å²) in [5.41, 5.74) is 1.15. The number of rotatable bonds is 5. The molecule has 4 nitrogen and oxygen atoms in total. The summed E-state index contributed by atoms with van der Waals surface area (Å²) in [4.78, 5) is 11.8. The molecule has 19 heavy (non-hydrogen) atoms. The lowest BCUT2D eigenvalue weighted by atomic mass is 10.2. The maximum atomic E-state index is 11.8. The fourth-order valence-electron chi connectivity index (χ4n) is 1.61. The molecule has 100 valence electrons. The smallest absolute Gasteiger partial charge is 0.261 e. The number of nitrogens with one attached hydrogen (secondary N) is 1. The summed E-state index contributed by atoms with van der Waals surface area (Å²) >= 11 is 0. The van der Waals surface area contributed by atoms with Gasteiger partial charge in [0.05, 0.1) is 12.8 Å². The van der Waals surface area contributed by atoms with Crippen LogP contribution in [0.4, 0.5) is 0 Å². The molecule has 0 radical (unpaired) electrons. The van der Waals surface area contributed by atoms with Gasteiger partial charge in [-0.15, -0.1) is 0 Å². The highest BCUT2D eigenvalue weighted by Gasteiger charge is 2.14. The van der Waals surface area contributed by atoms with Crippen LogP contribution in [0.1, 0.15) is 18.2 Å². The summed E-state index contributed by atoms with van der Waals surface area (Å²) in [5.74, 6) is 1.24. The van der Waals surface area contributed by atoms with Crippen molar-refractivity contribution in [3.8, 4) is 5.75 Å². The fraction of sp³-hybridized carbons (Fsp3) is 0.267. The lowest BCUT2D eigenvalue weighted by Gasteiger charge is -2.14. The van der Waals surface area contributed by atoms with Crippen LogP contribution in [0.15, 0.2) is 47.1 Å². The van der Waals surface area contributed by atoms with Crippen molar-refractivity contribution in [1.29, 1.82) is 0 Å². The van der Waals surface area contributed by atoms with Crippen molar-refractivity contribution in [2.45, 2.75) is 26.5 Å². The number of furan rings is 1.